The Morgan fingerprint density at radius 3 is 2.80 bits per heavy atom. The Hall–Kier alpha value is -3.29. The number of hydrogen-bond donors (Lipinski definition) is 1. The molecule has 0 atom stereocenters. The van der Waals surface area contributed by atoms with Crippen molar-refractivity contribution in [1.82, 2.24) is 29.9 Å². The van der Waals surface area contributed by atoms with E-state index in [4.69, 9.17) is 0 Å². The van der Waals surface area contributed by atoms with Gasteiger partial charge in [-0.15, -0.1) is 5.10 Å². The molecule has 0 spiro atoms. The third-order valence-corrected chi connectivity index (χ3v) is 3.76. The number of nitrogens with zero attached hydrogens (tertiary/aromatic N) is 5. The van der Waals surface area contributed by atoms with E-state index in [9.17, 15) is 9.59 Å². The number of hydrogen-bond acceptors (Lipinski definition) is 5. The molecule has 0 aliphatic heterocycles. The number of carbonyl (C=O) groups is 1. The highest BCUT2D eigenvalue weighted by atomic mass is 16.1. The van der Waals surface area contributed by atoms with Crippen LogP contribution in [0.5, 0.6) is 0 Å². The second kappa shape index (κ2) is 7.52. The summed E-state index contributed by atoms with van der Waals surface area (Å²) in [6.07, 6.45) is 3.21. The van der Waals surface area contributed by atoms with E-state index in [1.165, 1.54) is 28.1 Å². The molecule has 0 bridgehead atoms. The lowest BCUT2D eigenvalue weighted by Gasteiger charge is -2.09. The van der Waals surface area contributed by atoms with Crippen molar-refractivity contribution in [3.63, 3.8) is 0 Å². The Kier molecular flexibility index (Phi) is 4.98. The van der Waals surface area contributed by atoms with E-state index >= 15 is 0 Å². The molecule has 8 nitrogen and oxygen atoms in total. The maximum absolute atomic E-state index is 12.1. The second-order valence-electron chi connectivity index (χ2n) is 5.55. The van der Waals surface area contributed by atoms with Crippen LogP contribution in [0, 0.1) is 6.92 Å². The van der Waals surface area contributed by atoms with Crippen LogP contribution in [-0.2, 0) is 17.8 Å². The molecule has 0 saturated heterocycles. The fraction of sp³-hybridized carbons (Fsp3) is 0.235. The molecule has 25 heavy (non-hydrogen) atoms. The molecule has 0 aliphatic rings. The summed E-state index contributed by atoms with van der Waals surface area (Å²) < 4.78 is 2.76. The summed E-state index contributed by atoms with van der Waals surface area (Å²) in [4.78, 5) is 27.8. The lowest BCUT2D eigenvalue weighted by molar-refractivity contribution is -0.120. The van der Waals surface area contributed by atoms with Crippen molar-refractivity contribution < 1.29 is 4.79 Å². The first-order chi connectivity index (χ1) is 12.1. The number of amides is 1. The Labute approximate surface area is 144 Å². The normalized spacial score (nSPS) is 10.6. The van der Waals surface area contributed by atoms with Gasteiger partial charge in [-0.3, -0.25) is 9.59 Å². The average Bonchev–Trinajstić information content (AvgIpc) is 3.13. The quantitative estimate of drug-likeness (QED) is 0.706. The van der Waals surface area contributed by atoms with Crippen LogP contribution in [0.2, 0.25) is 0 Å². The van der Waals surface area contributed by atoms with Gasteiger partial charge in [0.05, 0.1) is 13.0 Å². The number of carbonyl (C=O) groups excluding carboxylic acids is 1. The first-order valence-corrected chi connectivity index (χ1v) is 7.88. The topological polar surface area (TPSA) is 94.7 Å². The van der Waals surface area contributed by atoms with Crippen molar-refractivity contribution in [3.05, 3.63) is 70.5 Å². The highest BCUT2D eigenvalue weighted by molar-refractivity contribution is 5.78. The highest BCUT2D eigenvalue weighted by Crippen LogP contribution is 2.07. The fourth-order valence-corrected chi connectivity index (χ4v) is 2.39. The van der Waals surface area contributed by atoms with E-state index in [2.05, 4.69) is 20.5 Å². The van der Waals surface area contributed by atoms with Gasteiger partial charge in [0, 0.05) is 12.6 Å². The molecule has 3 rings (SSSR count). The molecule has 1 aromatic carbocycles. The van der Waals surface area contributed by atoms with E-state index in [0.29, 0.717) is 18.8 Å². The van der Waals surface area contributed by atoms with Gasteiger partial charge in [0.25, 0.3) is 5.56 Å². The lowest BCUT2D eigenvalue weighted by Crippen LogP contribution is -2.33. The van der Waals surface area contributed by atoms with Gasteiger partial charge in [-0.1, -0.05) is 24.3 Å². The number of aryl methyl sites for hydroxylation is 1. The van der Waals surface area contributed by atoms with Crippen LogP contribution in [0.15, 0.2) is 53.8 Å². The molecule has 128 valence electrons. The molecule has 0 radical (unpaired) electrons. The van der Waals surface area contributed by atoms with Gasteiger partial charge in [-0.2, -0.15) is 5.10 Å². The maximum Gasteiger partial charge on any atom is 0.266 e. The van der Waals surface area contributed by atoms with Crippen molar-refractivity contribution in [1.29, 1.82) is 0 Å². The van der Waals surface area contributed by atoms with E-state index in [1.807, 2.05) is 31.2 Å². The summed E-state index contributed by atoms with van der Waals surface area (Å²) in [7, 11) is 0. The molecule has 0 aliphatic carbocycles. The summed E-state index contributed by atoms with van der Waals surface area (Å²) >= 11 is 0. The first-order valence-electron chi connectivity index (χ1n) is 7.88. The van der Waals surface area contributed by atoms with Crippen LogP contribution in [0.3, 0.4) is 0 Å². The molecule has 0 unspecified atom stereocenters. The van der Waals surface area contributed by atoms with Crippen molar-refractivity contribution in [2.24, 2.45) is 0 Å². The van der Waals surface area contributed by atoms with Crippen LogP contribution in [0.1, 0.15) is 11.1 Å². The van der Waals surface area contributed by atoms with Crippen molar-refractivity contribution in [2.45, 2.75) is 19.9 Å². The summed E-state index contributed by atoms with van der Waals surface area (Å²) in [6.45, 7) is 2.57. The lowest BCUT2D eigenvalue weighted by atomic mass is 10.1. The Balaban J connectivity index is 1.58. The fourth-order valence-electron chi connectivity index (χ4n) is 2.39. The maximum atomic E-state index is 12.1. The summed E-state index contributed by atoms with van der Waals surface area (Å²) in [5.41, 5.74) is 1.83. The van der Waals surface area contributed by atoms with E-state index in [-0.39, 0.29) is 18.0 Å². The van der Waals surface area contributed by atoms with E-state index in [1.54, 1.807) is 6.07 Å². The third-order valence-electron chi connectivity index (χ3n) is 3.76. The minimum absolute atomic E-state index is 0.0882. The molecule has 1 N–H and O–H groups in total. The SMILES string of the molecule is Cc1ccccc1CC(=O)NCCn1nc(-n2cncn2)ccc1=O. The Morgan fingerprint density at radius 2 is 2.04 bits per heavy atom. The zero-order valence-electron chi connectivity index (χ0n) is 13.8. The Morgan fingerprint density at radius 1 is 1.20 bits per heavy atom. The van der Waals surface area contributed by atoms with Crippen molar-refractivity contribution in [3.8, 4) is 5.82 Å². The van der Waals surface area contributed by atoms with Crippen LogP contribution in [-0.4, -0.2) is 37.0 Å². The van der Waals surface area contributed by atoms with Crippen LogP contribution >= 0.6 is 0 Å². The monoisotopic (exact) mass is 338 g/mol. The average molecular weight is 338 g/mol. The van der Waals surface area contributed by atoms with Gasteiger partial charge in [0.15, 0.2) is 5.82 Å². The number of benzene rings is 1. The van der Waals surface area contributed by atoms with Gasteiger partial charge < -0.3 is 5.32 Å². The molecular weight excluding hydrogens is 320 g/mol. The second-order valence-corrected chi connectivity index (χ2v) is 5.55. The minimum atomic E-state index is -0.239. The van der Waals surface area contributed by atoms with Crippen LogP contribution in [0.25, 0.3) is 5.82 Å². The van der Waals surface area contributed by atoms with Crippen LogP contribution in [0.4, 0.5) is 0 Å². The van der Waals surface area contributed by atoms with E-state index in [0.717, 1.165) is 11.1 Å². The molecule has 8 heteroatoms. The number of rotatable bonds is 6. The third kappa shape index (κ3) is 4.17. The van der Waals surface area contributed by atoms with Gasteiger partial charge >= 0.3 is 0 Å². The van der Waals surface area contributed by atoms with Gasteiger partial charge in [0.1, 0.15) is 12.7 Å². The largest absolute Gasteiger partial charge is 0.354 e. The summed E-state index contributed by atoms with van der Waals surface area (Å²) in [5.74, 6) is 0.401. The van der Waals surface area contributed by atoms with Crippen molar-refractivity contribution >= 4 is 5.91 Å². The van der Waals surface area contributed by atoms with Crippen molar-refractivity contribution in [2.75, 3.05) is 6.54 Å². The number of aromatic nitrogens is 5. The molecular formula is C17H18N6O2. The molecule has 2 heterocycles. The molecule has 0 fully saturated rings. The summed E-state index contributed by atoms with van der Waals surface area (Å²) in [6, 6.07) is 10.7. The molecule has 1 amide bonds. The summed E-state index contributed by atoms with van der Waals surface area (Å²) in [5, 5.41) is 11.0. The smallest absolute Gasteiger partial charge is 0.266 e. The first kappa shape index (κ1) is 16.6. The minimum Gasteiger partial charge on any atom is -0.354 e. The molecule has 0 saturated carbocycles. The molecule has 3 aromatic rings. The standard InChI is InChI=1S/C17H18N6O2/c1-13-4-2-3-5-14(13)10-16(24)19-8-9-22-17(25)7-6-15(21-22)23-12-18-11-20-23/h2-7,11-12H,8-10H2,1H3,(H,19,24). The van der Waals surface area contributed by atoms with Gasteiger partial charge in [-0.05, 0) is 24.1 Å². The zero-order chi connectivity index (χ0) is 17.6. The Bertz CT molecular complexity index is 917. The predicted molar refractivity (Wildman–Crippen MR) is 91.3 cm³/mol. The van der Waals surface area contributed by atoms with Gasteiger partial charge in [0.2, 0.25) is 5.91 Å². The van der Waals surface area contributed by atoms with Crippen LogP contribution < -0.4 is 10.9 Å². The molecule has 2 aromatic heterocycles. The number of nitrogens with one attached hydrogen (secondary N) is 1. The predicted octanol–water partition coefficient (Wildman–Crippen LogP) is 0.491. The van der Waals surface area contributed by atoms with Gasteiger partial charge in [-0.25, -0.2) is 14.3 Å². The zero-order valence-corrected chi connectivity index (χ0v) is 13.8. The van der Waals surface area contributed by atoms with E-state index < -0.39 is 0 Å². The highest BCUT2D eigenvalue weighted by Gasteiger charge is 2.07.